The summed E-state index contributed by atoms with van der Waals surface area (Å²) in [7, 11) is 1.51. The fraction of sp³-hybridized carbons (Fsp3) is 0.231. The van der Waals surface area contributed by atoms with Gasteiger partial charge in [0.25, 0.3) is 0 Å². The normalized spacial score (nSPS) is 10.9. The molecule has 0 amide bonds. The third kappa shape index (κ3) is 2.36. The highest BCUT2D eigenvalue weighted by Gasteiger charge is 2.21. The average Bonchev–Trinajstić information content (AvgIpc) is 3.01. The molecule has 0 unspecified atom stereocenters. The maximum Gasteiger partial charge on any atom is 0.367 e. The molecule has 0 bridgehead atoms. The van der Waals surface area contributed by atoms with Crippen LogP contribution in [0.4, 0.5) is 4.39 Å². The van der Waals surface area contributed by atoms with Crippen LogP contribution in [0.3, 0.4) is 0 Å². The summed E-state index contributed by atoms with van der Waals surface area (Å²) in [6, 6.07) is 7.38. The van der Waals surface area contributed by atoms with Gasteiger partial charge in [-0.2, -0.15) is 4.39 Å². The van der Waals surface area contributed by atoms with Crippen molar-refractivity contribution in [3.8, 4) is 11.6 Å². The van der Waals surface area contributed by atoms with E-state index in [9.17, 15) is 9.18 Å². The molecule has 0 aliphatic rings. The Hall–Kier alpha value is -2.97. The molecule has 8 nitrogen and oxygen atoms in total. The number of nitrogens with one attached hydrogen (secondary N) is 1. The first-order valence-corrected chi connectivity index (χ1v) is 6.48. The first-order valence-electron chi connectivity index (χ1n) is 6.48. The Balaban J connectivity index is 1.96. The summed E-state index contributed by atoms with van der Waals surface area (Å²) in [6.07, 6.45) is 0. The molecule has 114 valence electrons. The van der Waals surface area contributed by atoms with Crippen LogP contribution in [0.2, 0.25) is 0 Å². The Bertz CT molecular complexity index is 866. The van der Waals surface area contributed by atoms with Gasteiger partial charge in [-0.1, -0.05) is 18.2 Å². The second-order valence-electron chi connectivity index (χ2n) is 4.69. The van der Waals surface area contributed by atoms with Gasteiger partial charge in [-0.15, -0.1) is 9.78 Å². The van der Waals surface area contributed by atoms with Gasteiger partial charge in [0.05, 0.1) is 5.56 Å². The second-order valence-corrected chi connectivity index (χ2v) is 4.69. The number of aryl methyl sites for hydroxylation is 2. The van der Waals surface area contributed by atoms with E-state index in [1.54, 1.807) is 6.07 Å². The molecule has 9 heteroatoms. The van der Waals surface area contributed by atoms with Crippen molar-refractivity contribution in [2.24, 2.45) is 7.05 Å². The standard InChI is InChI=1S/C13H13FN6O2/c1-8-5-3-4-6-10(8)22-7-9-11(14)16-19(2)12(9)20-13(21)15-17-18-20/h3-6H,7H2,1-2H3,(H,15,18,21). The van der Waals surface area contributed by atoms with E-state index in [1.165, 1.54) is 11.7 Å². The van der Waals surface area contributed by atoms with Crippen molar-refractivity contribution in [1.29, 1.82) is 0 Å². The summed E-state index contributed by atoms with van der Waals surface area (Å²) in [5.74, 6) is 0.0787. The fourth-order valence-electron chi connectivity index (χ4n) is 2.12. The van der Waals surface area contributed by atoms with Gasteiger partial charge < -0.3 is 4.74 Å². The Kier molecular flexibility index (Phi) is 3.45. The lowest BCUT2D eigenvalue weighted by molar-refractivity contribution is 0.297. The maximum atomic E-state index is 14.0. The molecule has 0 aliphatic heterocycles. The minimum absolute atomic E-state index is 0.0842. The van der Waals surface area contributed by atoms with E-state index in [0.29, 0.717) is 5.75 Å². The Morgan fingerprint density at radius 3 is 2.82 bits per heavy atom. The molecule has 3 rings (SSSR count). The summed E-state index contributed by atoms with van der Waals surface area (Å²) >= 11 is 0. The summed E-state index contributed by atoms with van der Waals surface area (Å²) in [5, 5.41) is 12.8. The number of ether oxygens (including phenoxy) is 1. The minimum atomic E-state index is -0.721. The molecule has 0 saturated heterocycles. The maximum absolute atomic E-state index is 14.0. The van der Waals surface area contributed by atoms with Crippen LogP contribution in [0, 0.1) is 12.9 Å². The Morgan fingerprint density at radius 2 is 2.14 bits per heavy atom. The number of H-pyrrole nitrogens is 1. The van der Waals surface area contributed by atoms with Crippen molar-refractivity contribution in [2.45, 2.75) is 13.5 Å². The number of para-hydroxylation sites is 1. The molecule has 3 aromatic rings. The van der Waals surface area contributed by atoms with Gasteiger partial charge in [0.2, 0.25) is 5.95 Å². The van der Waals surface area contributed by atoms with Crippen LogP contribution in [0.25, 0.3) is 5.82 Å². The van der Waals surface area contributed by atoms with Gasteiger partial charge in [-0.3, -0.25) is 0 Å². The Labute approximate surface area is 124 Å². The zero-order chi connectivity index (χ0) is 15.7. The highest BCUT2D eigenvalue weighted by Crippen LogP contribution is 2.21. The lowest BCUT2D eigenvalue weighted by Crippen LogP contribution is -2.20. The van der Waals surface area contributed by atoms with Gasteiger partial charge in [0, 0.05) is 7.05 Å². The van der Waals surface area contributed by atoms with Gasteiger partial charge >= 0.3 is 5.69 Å². The number of aromatic nitrogens is 6. The highest BCUT2D eigenvalue weighted by atomic mass is 19.1. The molecular formula is C13H13FN6O2. The van der Waals surface area contributed by atoms with Crippen LogP contribution >= 0.6 is 0 Å². The zero-order valence-electron chi connectivity index (χ0n) is 11.9. The molecule has 0 spiro atoms. The molecule has 0 atom stereocenters. The first kappa shape index (κ1) is 14.0. The number of nitrogens with zero attached hydrogens (tertiary/aromatic N) is 5. The molecular weight excluding hydrogens is 291 g/mol. The predicted molar refractivity (Wildman–Crippen MR) is 74.2 cm³/mol. The smallest absolute Gasteiger partial charge is 0.367 e. The predicted octanol–water partition coefficient (Wildman–Crippen LogP) is 0.716. The van der Waals surface area contributed by atoms with E-state index >= 15 is 0 Å². The van der Waals surface area contributed by atoms with Crippen molar-refractivity contribution >= 4 is 0 Å². The summed E-state index contributed by atoms with van der Waals surface area (Å²) in [5.41, 5.74) is 0.467. The lowest BCUT2D eigenvalue weighted by atomic mass is 10.2. The topological polar surface area (TPSA) is 90.6 Å². The quantitative estimate of drug-likeness (QED) is 0.767. The number of rotatable bonds is 4. The van der Waals surface area contributed by atoms with E-state index < -0.39 is 11.6 Å². The monoisotopic (exact) mass is 304 g/mol. The molecule has 0 saturated carbocycles. The summed E-state index contributed by atoms with van der Waals surface area (Å²) in [6.45, 7) is 1.80. The second kappa shape index (κ2) is 5.43. The van der Waals surface area contributed by atoms with Crippen LogP contribution in [0.5, 0.6) is 5.75 Å². The van der Waals surface area contributed by atoms with E-state index in [0.717, 1.165) is 10.2 Å². The molecule has 1 N–H and O–H groups in total. The Morgan fingerprint density at radius 1 is 1.36 bits per heavy atom. The highest BCUT2D eigenvalue weighted by molar-refractivity contribution is 5.35. The molecule has 0 radical (unpaired) electrons. The van der Waals surface area contributed by atoms with Crippen molar-refractivity contribution in [1.82, 2.24) is 30.0 Å². The van der Waals surface area contributed by atoms with Crippen molar-refractivity contribution in [3.63, 3.8) is 0 Å². The number of halogens is 1. The zero-order valence-corrected chi connectivity index (χ0v) is 11.9. The van der Waals surface area contributed by atoms with Crippen molar-refractivity contribution in [2.75, 3.05) is 0 Å². The van der Waals surface area contributed by atoms with Gasteiger partial charge in [0.1, 0.15) is 12.4 Å². The van der Waals surface area contributed by atoms with Gasteiger partial charge in [-0.25, -0.2) is 14.6 Å². The molecule has 1 aromatic carbocycles. The van der Waals surface area contributed by atoms with Crippen molar-refractivity contribution < 1.29 is 9.13 Å². The molecule has 2 heterocycles. The van der Waals surface area contributed by atoms with E-state index in [2.05, 4.69) is 20.6 Å². The minimum Gasteiger partial charge on any atom is -0.488 e. The van der Waals surface area contributed by atoms with E-state index in [1.807, 2.05) is 25.1 Å². The van der Waals surface area contributed by atoms with Crippen LogP contribution in [-0.4, -0.2) is 30.0 Å². The number of hydrogen-bond acceptors (Lipinski definition) is 5. The van der Waals surface area contributed by atoms with E-state index in [-0.39, 0.29) is 18.0 Å². The van der Waals surface area contributed by atoms with Crippen molar-refractivity contribution in [3.05, 3.63) is 51.8 Å². The molecule has 0 aliphatic carbocycles. The van der Waals surface area contributed by atoms with Crippen LogP contribution in [0.1, 0.15) is 11.1 Å². The lowest BCUT2D eigenvalue weighted by Gasteiger charge is -2.09. The SMILES string of the molecule is Cc1ccccc1OCc1c(F)nn(C)c1-n1nn[nH]c1=O. The molecule has 0 fully saturated rings. The third-order valence-electron chi connectivity index (χ3n) is 3.20. The largest absolute Gasteiger partial charge is 0.488 e. The number of tetrazole rings is 1. The summed E-state index contributed by atoms with van der Waals surface area (Å²) in [4.78, 5) is 11.6. The first-order chi connectivity index (χ1) is 10.6. The van der Waals surface area contributed by atoms with Gasteiger partial charge in [0.15, 0.2) is 5.82 Å². The number of benzene rings is 1. The van der Waals surface area contributed by atoms with Crippen LogP contribution in [-0.2, 0) is 13.7 Å². The fourth-order valence-corrected chi connectivity index (χ4v) is 2.12. The summed E-state index contributed by atoms with van der Waals surface area (Å²) < 4.78 is 21.8. The van der Waals surface area contributed by atoms with Crippen LogP contribution in [0.15, 0.2) is 29.1 Å². The number of aromatic amines is 1. The van der Waals surface area contributed by atoms with Crippen LogP contribution < -0.4 is 10.4 Å². The molecule has 2 aromatic heterocycles. The van der Waals surface area contributed by atoms with E-state index in [4.69, 9.17) is 4.74 Å². The van der Waals surface area contributed by atoms with Gasteiger partial charge in [-0.05, 0) is 29.0 Å². The average molecular weight is 304 g/mol. The molecule has 22 heavy (non-hydrogen) atoms. The third-order valence-corrected chi connectivity index (χ3v) is 3.20. The number of hydrogen-bond donors (Lipinski definition) is 1.